The van der Waals surface area contributed by atoms with Crippen LogP contribution in [0, 0.1) is 0 Å². The van der Waals surface area contributed by atoms with Crippen molar-refractivity contribution >= 4 is 11.8 Å². The first kappa shape index (κ1) is 13.9. The third kappa shape index (κ3) is 6.90. The van der Waals surface area contributed by atoms with Gasteiger partial charge < -0.3 is 16.0 Å². The van der Waals surface area contributed by atoms with Gasteiger partial charge in [0.15, 0.2) is 0 Å². The van der Waals surface area contributed by atoms with Crippen LogP contribution in [0.5, 0.6) is 0 Å². The van der Waals surface area contributed by atoms with Crippen molar-refractivity contribution in [2.75, 3.05) is 13.6 Å². The van der Waals surface area contributed by atoms with Gasteiger partial charge in [0.05, 0.1) is 0 Å². The second-order valence-electron chi connectivity index (χ2n) is 3.76. The molecule has 1 unspecified atom stereocenters. The molecule has 0 fully saturated rings. The predicted molar refractivity (Wildman–Crippen MR) is 59.4 cm³/mol. The monoisotopic (exact) mass is 215 g/mol. The number of hydrogen-bond acceptors (Lipinski definition) is 3. The van der Waals surface area contributed by atoms with E-state index in [1.54, 1.807) is 14.0 Å². The average Bonchev–Trinajstić information content (AvgIpc) is 2.15. The number of nitrogens with one attached hydrogen (secondary N) is 3. The minimum atomic E-state index is -0.471. The van der Waals surface area contributed by atoms with Crippen molar-refractivity contribution in [3.05, 3.63) is 0 Å². The van der Waals surface area contributed by atoms with Crippen LogP contribution < -0.4 is 16.0 Å². The first-order chi connectivity index (χ1) is 6.97. The molecule has 0 aliphatic carbocycles. The Morgan fingerprint density at radius 3 is 2.27 bits per heavy atom. The number of carbonyl (C=O) groups is 2. The van der Waals surface area contributed by atoms with Crippen molar-refractivity contribution in [2.45, 2.75) is 39.3 Å². The molecular weight excluding hydrogens is 194 g/mol. The zero-order valence-corrected chi connectivity index (χ0v) is 9.89. The minimum Gasteiger partial charge on any atom is -0.357 e. The van der Waals surface area contributed by atoms with Gasteiger partial charge in [0, 0.05) is 26.1 Å². The number of amides is 2. The molecule has 3 N–H and O–H groups in total. The molecule has 15 heavy (non-hydrogen) atoms. The molecule has 0 spiro atoms. The molecule has 0 aliphatic rings. The van der Waals surface area contributed by atoms with E-state index in [1.165, 1.54) is 0 Å². The van der Waals surface area contributed by atoms with Gasteiger partial charge in [0.1, 0.15) is 6.04 Å². The maximum absolute atomic E-state index is 11.3. The predicted octanol–water partition coefficient (Wildman–Crippen LogP) is -0.375. The van der Waals surface area contributed by atoms with Crippen LogP contribution in [-0.4, -0.2) is 37.5 Å². The summed E-state index contributed by atoms with van der Waals surface area (Å²) in [4.78, 5) is 22.4. The summed E-state index contributed by atoms with van der Waals surface area (Å²) in [5.74, 6) is -0.292. The fourth-order valence-corrected chi connectivity index (χ4v) is 1.07. The highest BCUT2D eigenvalue weighted by Crippen LogP contribution is 1.85. The van der Waals surface area contributed by atoms with Gasteiger partial charge in [0.25, 0.3) is 0 Å². The molecular formula is C10H21N3O2. The average molecular weight is 215 g/mol. The van der Waals surface area contributed by atoms with Crippen molar-refractivity contribution < 1.29 is 9.59 Å². The molecule has 0 rings (SSSR count). The van der Waals surface area contributed by atoms with Gasteiger partial charge in [-0.2, -0.15) is 0 Å². The highest BCUT2D eigenvalue weighted by Gasteiger charge is 2.13. The van der Waals surface area contributed by atoms with Gasteiger partial charge in [-0.1, -0.05) is 13.8 Å². The topological polar surface area (TPSA) is 70.2 Å². The van der Waals surface area contributed by atoms with E-state index in [0.29, 0.717) is 19.0 Å². The van der Waals surface area contributed by atoms with Crippen LogP contribution in [-0.2, 0) is 9.59 Å². The smallest absolute Gasteiger partial charge is 0.242 e. The Bertz CT molecular complexity index is 217. The Morgan fingerprint density at radius 2 is 1.80 bits per heavy atom. The number of hydrogen-bond donors (Lipinski definition) is 3. The summed E-state index contributed by atoms with van der Waals surface area (Å²) in [6, 6.07) is -0.101. The number of likely N-dealkylation sites (N-methyl/N-ethyl adjacent to an activating group) is 1. The Morgan fingerprint density at radius 1 is 1.20 bits per heavy atom. The summed E-state index contributed by atoms with van der Waals surface area (Å²) in [5, 5.41) is 8.22. The summed E-state index contributed by atoms with van der Waals surface area (Å²) < 4.78 is 0. The van der Waals surface area contributed by atoms with E-state index in [9.17, 15) is 9.59 Å². The second-order valence-corrected chi connectivity index (χ2v) is 3.76. The lowest BCUT2D eigenvalue weighted by Gasteiger charge is -2.13. The molecule has 0 aromatic heterocycles. The lowest BCUT2D eigenvalue weighted by atomic mass is 10.3. The van der Waals surface area contributed by atoms with Crippen molar-refractivity contribution in [3.8, 4) is 0 Å². The minimum absolute atomic E-state index is 0.112. The van der Waals surface area contributed by atoms with Gasteiger partial charge in [-0.05, 0) is 6.92 Å². The lowest BCUT2D eigenvalue weighted by molar-refractivity contribution is -0.128. The van der Waals surface area contributed by atoms with Gasteiger partial charge in [0.2, 0.25) is 11.8 Å². The molecule has 0 aliphatic heterocycles. The molecule has 0 radical (unpaired) electrons. The fourth-order valence-electron chi connectivity index (χ4n) is 1.07. The van der Waals surface area contributed by atoms with E-state index in [-0.39, 0.29) is 11.8 Å². The lowest BCUT2D eigenvalue weighted by Crippen LogP contribution is -2.44. The van der Waals surface area contributed by atoms with E-state index in [1.807, 2.05) is 13.8 Å². The molecule has 88 valence electrons. The molecule has 2 amide bonds. The van der Waals surface area contributed by atoms with E-state index in [0.717, 1.165) is 0 Å². The Labute approximate surface area is 91.0 Å². The molecule has 5 nitrogen and oxygen atoms in total. The standard InChI is InChI=1S/C10H21N3O2/c1-7(2)12-6-5-9(14)13-8(3)10(15)11-4/h7-8,12H,5-6H2,1-4H3,(H,11,15)(H,13,14). The van der Waals surface area contributed by atoms with E-state index in [2.05, 4.69) is 16.0 Å². The largest absolute Gasteiger partial charge is 0.357 e. The Kier molecular flexibility index (Phi) is 6.70. The maximum Gasteiger partial charge on any atom is 0.242 e. The summed E-state index contributed by atoms with van der Waals surface area (Å²) in [7, 11) is 1.55. The fraction of sp³-hybridized carbons (Fsp3) is 0.800. The van der Waals surface area contributed by atoms with Crippen LogP contribution in [0.3, 0.4) is 0 Å². The molecule has 0 aromatic carbocycles. The van der Waals surface area contributed by atoms with E-state index >= 15 is 0 Å². The summed E-state index contributed by atoms with van der Waals surface area (Å²) in [6.07, 6.45) is 0.388. The normalized spacial score (nSPS) is 12.3. The van der Waals surface area contributed by atoms with E-state index in [4.69, 9.17) is 0 Å². The summed E-state index contributed by atoms with van der Waals surface area (Å²) >= 11 is 0. The van der Waals surface area contributed by atoms with Crippen LogP contribution in [0.15, 0.2) is 0 Å². The van der Waals surface area contributed by atoms with Crippen molar-refractivity contribution in [1.82, 2.24) is 16.0 Å². The first-order valence-corrected chi connectivity index (χ1v) is 5.21. The Balaban J connectivity index is 3.69. The molecule has 0 heterocycles. The molecule has 0 aromatic rings. The molecule has 5 heteroatoms. The Hall–Kier alpha value is -1.10. The number of carbonyl (C=O) groups excluding carboxylic acids is 2. The van der Waals surface area contributed by atoms with Crippen molar-refractivity contribution in [1.29, 1.82) is 0 Å². The van der Waals surface area contributed by atoms with Crippen LogP contribution in [0.4, 0.5) is 0 Å². The van der Waals surface area contributed by atoms with Crippen LogP contribution in [0.2, 0.25) is 0 Å². The van der Waals surface area contributed by atoms with Gasteiger partial charge >= 0.3 is 0 Å². The summed E-state index contributed by atoms with van der Waals surface area (Å²) in [6.45, 7) is 6.33. The second kappa shape index (κ2) is 7.23. The zero-order chi connectivity index (χ0) is 11.8. The van der Waals surface area contributed by atoms with Crippen molar-refractivity contribution in [3.63, 3.8) is 0 Å². The maximum atomic E-state index is 11.3. The molecule has 1 atom stereocenters. The van der Waals surface area contributed by atoms with E-state index < -0.39 is 6.04 Å². The van der Waals surface area contributed by atoms with Crippen LogP contribution in [0.1, 0.15) is 27.2 Å². The van der Waals surface area contributed by atoms with Crippen LogP contribution in [0.25, 0.3) is 0 Å². The third-order valence-electron chi connectivity index (χ3n) is 1.92. The molecule has 0 saturated carbocycles. The van der Waals surface area contributed by atoms with Crippen molar-refractivity contribution in [2.24, 2.45) is 0 Å². The van der Waals surface area contributed by atoms with Gasteiger partial charge in [-0.25, -0.2) is 0 Å². The highest BCUT2D eigenvalue weighted by atomic mass is 16.2. The molecule has 0 bridgehead atoms. The highest BCUT2D eigenvalue weighted by molar-refractivity contribution is 5.87. The van der Waals surface area contributed by atoms with Gasteiger partial charge in [-0.3, -0.25) is 9.59 Å². The quantitative estimate of drug-likeness (QED) is 0.566. The van der Waals surface area contributed by atoms with Gasteiger partial charge in [-0.15, -0.1) is 0 Å². The third-order valence-corrected chi connectivity index (χ3v) is 1.92. The summed E-state index contributed by atoms with van der Waals surface area (Å²) in [5.41, 5.74) is 0. The first-order valence-electron chi connectivity index (χ1n) is 5.21. The zero-order valence-electron chi connectivity index (χ0n) is 9.89. The SMILES string of the molecule is CNC(=O)C(C)NC(=O)CCNC(C)C. The van der Waals surface area contributed by atoms with Crippen LogP contribution >= 0.6 is 0 Å². The molecule has 0 saturated heterocycles. The number of rotatable bonds is 6.